The van der Waals surface area contributed by atoms with Gasteiger partial charge in [-0.1, -0.05) is 0 Å². The van der Waals surface area contributed by atoms with Crippen molar-refractivity contribution in [3.63, 3.8) is 0 Å². The minimum absolute atomic E-state index is 0.766. The maximum atomic E-state index is 2.81. The Bertz CT molecular complexity index is 549. The number of hydrogen-bond acceptors (Lipinski definition) is 0. The fourth-order valence-electron chi connectivity index (χ4n) is 5.36. The third-order valence-corrected chi connectivity index (χ3v) is 22.8. The zero-order valence-electron chi connectivity index (χ0n) is 16.1. The summed E-state index contributed by atoms with van der Waals surface area (Å²) in [6.45, 7) is 7.17. The molecule has 0 saturated heterocycles. The fraction of sp³-hybridized carbons (Fsp3) is 0.652. The van der Waals surface area contributed by atoms with Crippen molar-refractivity contribution >= 4 is 18.4 Å². The molecule has 3 rings (SSSR count). The van der Waals surface area contributed by atoms with Gasteiger partial charge in [-0.05, 0) is 0 Å². The molecule has 2 bridgehead atoms. The van der Waals surface area contributed by atoms with E-state index in [9.17, 15) is 0 Å². The average molecular weight is 431 g/mol. The van der Waals surface area contributed by atoms with E-state index >= 15 is 0 Å². The van der Waals surface area contributed by atoms with Gasteiger partial charge in [-0.3, -0.25) is 0 Å². The van der Waals surface area contributed by atoms with E-state index in [1.165, 1.54) is 44.9 Å². The molecule has 2 unspecified atom stereocenters. The Kier molecular flexibility index (Phi) is 6.51. The molecule has 0 radical (unpaired) electrons. The summed E-state index contributed by atoms with van der Waals surface area (Å²) in [5.74, 6) is 1.59. The van der Waals surface area contributed by atoms with Crippen LogP contribution in [0.1, 0.15) is 88.7 Å². The van der Waals surface area contributed by atoms with Crippen LogP contribution in [0.25, 0.3) is 0 Å². The molecule has 0 N–H and O–H groups in total. The Morgan fingerprint density at radius 1 is 0.833 bits per heavy atom. The van der Waals surface area contributed by atoms with E-state index in [1.807, 2.05) is 0 Å². The summed E-state index contributed by atoms with van der Waals surface area (Å²) in [5.41, 5.74) is 3.37. The molecule has 0 saturated carbocycles. The Hall–Kier alpha value is -0.241. The summed E-state index contributed by atoms with van der Waals surface area (Å²) >= 11 is -2.20. The van der Waals surface area contributed by atoms with E-state index in [1.54, 1.807) is 24.4 Å². The normalized spacial score (nSPS) is 21.9. The SMILES string of the molecule is CCC[CH2][Sn]([CH2]CCC)([CH2]CCC)[C]1=CC2CC1c1ccccc12. The molecule has 132 valence electrons. The van der Waals surface area contributed by atoms with Crippen molar-refractivity contribution in [3.8, 4) is 0 Å². The van der Waals surface area contributed by atoms with Gasteiger partial charge in [-0.25, -0.2) is 0 Å². The van der Waals surface area contributed by atoms with Crippen LogP contribution in [0, 0.1) is 0 Å². The second kappa shape index (κ2) is 8.43. The Morgan fingerprint density at radius 3 is 1.92 bits per heavy atom. The van der Waals surface area contributed by atoms with Crippen molar-refractivity contribution in [3.05, 3.63) is 45.1 Å². The van der Waals surface area contributed by atoms with Crippen molar-refractivity contribution in [1.82, 2.24) is 0 Å². The standard InChI is InChI=1S/C11H9.3C4H9.Sn/c1-2-4-11-9-6-5-8(7-9)10(11)3-1;3*1-3-4-2;/h1-5,8-9H,7H2;3*1,3-4H2,2H3;. The van der Waals surface area contributed by atoms with Crippen LogP contribution < -0.4 is 0 Å². The molecule has 24 heavy (non-hydrogen) atoms. The first-order valence-electron chi connectivity index (χ1n) is 10.6. The number of benzene rings is 1. The third-order valence-electron chi connectivity index (χ3n) is 6.66. The molecule has 2 aliphatic rings. The van der Waals surface area contributed by atoms with Crippen LogP contribution in [0.5, 0.6) is 0 Å². The van der Waals surface area contributed by atoms with Gasteiger partial charge in [0.2, 0.25) is 0 Å². The van der Waals surface area contributed by atoms with E-state index in [4.69, 9.17) is 0 Å². The van der Waals surface area contributed by atoms with E-state index < -0.39 is 18.4 Å². The molecule has 1 aromatic rings. The Balaban J connectivity index is 1.92. The molecule has 2 atom stereocenters. The molecular weight excluding hydrogens is 395 g/mol. The molecule has 0 aliphatic heterocycles. The first-order chi connectivity index (χ1) is 11.8. The Labute approximate surface area is 154 Å². The monoisotopic (exact) mass is 432 g/mol. The van der Waals surface area contributed by atoms with E-state index in [0.29, 0.717) is 0 Å². The quantitative estimate of drug-likeness (QED) is 0.335. The van der Waals surface area contributed by atoms with Gasteiger partial charge in [-0.2, -0.15) is 0 Å². The van der Waals surface area contributed by atoms with E-state index in [2.05, 4.69) is 54.7 Å². The first-order valence-corrected chi connectivity index (χ1v) is 18.0. The van der Waals surface area contributed by atoms with Crippen molar-refractivity contribution in [2.24, 2.45) is 0 Å². The predicted molar refractivity (Wildman–Crippen MR) is 110 cm³/mol. The zero-order valence-corrected chi connectivity index (χ0v) is 19.0. The third kappa shape index (κ3) is 3.50. The topological polar surface area (TPSA) is 0 Å². The molecule has 0 heterocycles. The van der Waals surface area contributed by atoms with Crippen LogP contribution in [0.3, 0.4) is 0 Å². The van der Waals surface area contributed by atoms with Crippen LogP contribution in [0.15, 0.2) is 33.9 Å². The molecule has 0 amide bonds. The van der Waals surface area contributed by atoms with Gasteiger partial charge in [0.25, 0.3) is 0 Å². The zero-order chi connectivity index (χ0) is 17.0. The number of rotatable bonds is 10. The van der Waals surface area contributed by atoms with E-state index in [-0.39, 0.29) is 0 Å². The van der Waals surface area contributed by atoms with Crippen molar-refractivity contribution in [2.75, 3.05) is 0 Å². The number of fused-ring (bicyclic) bond motifs is 5. The molecule has 0 nitrogen and oxygen atoms in total. The average Bonchev–Trinajstić information content (AvgIpc) is 3.22. The predicted octanol–water partition coefficient (Wildman–Crippen LogP) is 7.59. The van der Waals surface area contributed by atoms with Crippen LogP contribution in [0.4, 0.5) is 0 Å². The van der Waals surface area contributed by atoms with Crippen LogP contribution in [-0.4, -0.2) is 18.4 Å². The maximum absolute atomic E-state index is 2.81. The summed E-state index contributed by atoms with van der Waals surface area (Å²) in [4.78, 5) is 0. The molecule has 2 aliphatic carbocycles. The Morgan fingerprint density at radius 2 is 1.38 bits per heavy atom. The van der Waals surface area contributed by atoms with Gasteiger partial charge in [0.05, 0.1) is 0 Å². The summed E-state index contributed by atoms with van der Waals surface area (Å²) in [5, 5.41) is 0. The van der Waals surface area contributed by atoms with Crippen molar-refractivity contribution in [2.45, 2.75) is 90.9 Å². The van der Waals surface area contributed by atoms with Gasteiger partial charge < -0.3 is 0 Å². The van der Waals surface area contributed by atoms with Crippen molar-refractivity contribution in [1.29, 1.82) is 0 Å². The second-order valence-corrected chi connectivity index (χ2v) is 21.5. The number of unbranched alkanes of at least 4 members (excludes halogenated alkanes) is 3. The summed E-state index contributed by atoms with van der Waals surface area (Å²) in [7, 11) is 0. The summed E-state index contributed by atoms with van der Waals surface area (Å²) in [6.07, 6.45) is 12.8. The molecule has 0 spiro atoms. The van der Waals surface area contributed by atoms with Gasteiger partial charge in [0, 0.05) is 0 Å². The number of hydrogen-bond donors (Lipinski definition) is 0. The summed E-state index contributed by atoms with van der Waals surface area (Å²) in [6, 6.07) is 9.37. The van der Waals surface area contributed by atoms with Crippen LogP contribution in [-0.2, 0) is 0 Å². The summed E-state index contributed by atoms with van der Waals surface area (Å²) < 4.78 is 6.94. The minimum atomic E-state index is -2.20. The van der Waals surface area contributed by atoms with Crippen molar-refractivity contribution < 1.29 is 0 Å². The van der Waals surface area contributed by atoms with Gasteiger partial charge in [0.1, 0.15) is 0 Å². The molecule has 0 aromatic heterocycles. The molecular formula is C23H36Sn. The van der Waals surface area contributed by atoms with Gasteiger partial charge in [0.15, 0.2) is 0 Å². The molecule has 1 heteroatoms. The van der Waals surface area contributed by atoms with Gasteiger partial charge >= 0.3 is 154 Å². The molecule has 0 fully saturated rings. The van der Waals surface area contributed by atoms with Crippen LogP contribution >= 0.6 is 0 Å². The van der Waals surface area contributed by atoms with Gasteiger partial charge in [-0.15, -0.1) is 0 Å². The van der Waals surface area contributed by atoms with Crippen LogP contribution in [0.2, 0.25) is 13.3 Å². The fourth-order valence-corrected chi connectivity index (χ4v) is 23.3. The first kappa shape index (κ1) is 18.5. The number of allylic oxidation sites excluding steroid dienone is 2. The van der Waals surface area contributed by atoms with E-state index in [0.717, 1.165) is 11.8 Å². The second-order valence-electron chi connectivity index (χ2n) is 8.24. The molecule has 1 aromatic carbocycles.